The molecular formula is C11H10Cl2O3. The molecule has 0 radical (unpaired) electrons. The number of benzene rings is 1. The van der Waals surface area contributed by atoms with Crippen molar-refractivity contribution in [3.63, 3.8) is 0 Å². The standard InChI is InChI=1S/C11H10Cl2O3/c1-6(14)9(11(15)16-2)7-4-3-5-8(12)10(7)13/h3-5,9H,1-2H3. The summed E-state index contributed by atoms with van der Waals surface area (Å²) in [5.74, 6) is -2.00. The third-order valence-electron chi connectivity index (χ3n) is 2.14. The van der Waals surface area contributed by atoms with E-state index in [9.17, 15) is 9.59 Å². The van der Waals surface area contributed by atoms with Gasteiger partial charge in [-0.15, -0.1) is 0 Å². The van der Waals surface area contributed by atoms with Crippen LogP contribution in [-0.4, -0.2) is 18.9 Å². The molecule has 0 bridgehead atoms. The van der Waals surface area contributed by atoms with Crippen molar-refractivity contribution in [3.05, 3.63) is 33.8 Å². The Labute approximate surface area is 103 Å². The summed E-state index contributed by atoms with van der Waals surface area (Å²) in [4.78, 5) is 22.9. The lowest BCUT2D eigenvalue weighted by Crippen LogP contribution is -2.21. The summed E-state index contributed by atoms with van der Waals surface area (Å²) in [6, 6.07) is 4.79. The second-order valence-electron chi connectivity index (χ2n) is 3.21. The van der Waals surface area contributed by atoms with Crippen molar-refractivity contribution in [2.45, 2.75) is 12.8 Å². The summed E-state index contributed by atoms with van der Waals surface area (Å²) in [5, 5.41) is 0.504. The Bertz CT molecular complexity index is 429. The zero-order valence-corrected chi connectivity index (χ0v) is 10.3. The van der Waals surface area contributed by atoms with Crippen LogP contribution in [0.15, 0.2) is 18.2 Å². The molecule has 1 atom stereocenters. The molecule has 16 heavy (non-hydrogen) atoms. The second kappa shape index (κ2) is 5.32. The normalized spacial score (nSPS) is 12.0. The number of methoxy groups -OCH3 is 1. The number of hydrogen-bond donors (Lipinski definition) is 0. The molecule has 0 spiro atoms. The summed E-state index contributed by atoms with van der Waals surface area (Å²) >= 11 is 11.8. The van der Waals surface area contributed by atoms with Crippen LogP contribution in [0.5, 0.6) is 0 Å². The lowest BCUT2D eigenvalue weighted by molar-refractivity contribution is -0.145. The van der Waals surface area contributed by atoms with E-state index in [4.69, 9.17) is 23.2 Å². The summed E-state index contributed by atoms with van der Waals surface area (Å²) < 4.78 is 4.56. The molecule has 3 nitrogen and oxygen atoms in total. The van der Waals surface area contributed by atoms with Gasteiger partial charge in [-0.25, -0.2) is 0 Å². The fourth-order valence-electron chi connectivity index (χ4n) is 1.37. The van der Waals surface area contributed by atoms with E-state index in [1.54, 1.807) is 18.2 Å². The van der Waals surface area contributed by atoms with Gasteiger partial charge < -0.3 is 4.74 Å². The number of ether oxygens (including phenoxy) is 1. The third kappa shape index (κ3) is 2.54. The molecule has 0 aliphatic carbocycles. The van der Waals surface area contributed by atoms with Crippen LogP contribution in [-0.2, 0) is 14.3 Å². The molecule has 86 valence electrons. The van der Waals surface area contributed by atoms with Crippen molar-refractivity contribution in [1.29, 1.82) is 0 Å². The molecule has 0 aromatic heterocycles. The summed E-state index contributed by atoms with van der Waals surface area (Å²) in [5.41, 5.74) is 0.369. The molecule has 0 saturated heterocycles. The first-order valence-electron chi connectivity index (χ1n) is 4.51. The highest BCUT2D eigenvalue weighted by Gasteiger charge is 2.28. The quantitative estimate of drug-likeness (QED) is 0.620. The van der Waals surface area contributed by atoms with Crippen LogP contribution < -0.4 is 0 Å². The van der Waals surface area contributed by atoms with E-state index in [1.807, 2.05) is 0 Å². The van der Waals surface area contributed by atoms with Crippen molar-refractivity contribution in [3.8, 4) is 0 Å². The predicted octanol–water partition coefficient (Wildman–Crippen LogP) is 2.84. The lowest BCUT2D eigenvalue weighted by atomic mass is 9.95. The molecule has 0 aliphatic rings. The van der Waals surface area contributed by atoms with Gasteiger partial charge in [0.2, 0.25) is 0 Å². The van der Waals surface area contributed by atoms with Gasteiger partial charge in [0.1, 0.15) is 11.7 Å². The Morgan fingerprint density at radius 3 is 2.44 bits per heavy atom. The van der Waals surface area contributed by atoms with Crippen LogP contribution in [0.25, 0.3) is 0 Å². The Morgan fingerprint density at radius 2 is 1.94 bits per heavy atom. The zero-order valence-electron chi connectivity index (χ0n) is 8.79. The maximum atomic E-state index is 11.5. The largest absolute Gasteiger partial charge is 0.468 e. The van der Waals surface area contributed by atoms with E-state index in [2.05, 4.69) is 4.74 Å². The van der Waals surface area contributed by atoms with Gasteiger partial charge in [-0.05, 0) is 18.6 Å². The number of Topliss-reactive ketones (excluding diaryl/α,β-unsaturated/α-hetero) is 1. The highest BCUT2D eigenvalue weighted by Crippen LogP contribution is 2.32. The van der Waals surface area contributed by atoms with Crippen molar-refractivity contribution >= 4 is 35.0 Å². The van der Waals surface area contributed by atoms with Gasteiger partial charge in [-0.1, -0.05) is 35.3 Å². The third-order valence-corrected chi connectivity index (χ3v) is 2.97. The van der Waals surface area contributed by atoms with Gasteiger partial charge in [0.15, 0.2) is 0 Å². The molecule has 1 aromatic rings. The lowest BCUT2D eigenvalue weighted by Gasteiger charge is -2.13. The van der Waals surface area contributed by atoms with Gasteiger partial charge in [0, 0.05) is 0 Å². The molecule has 0 heterocycles. The van der Waals surface area contributed by atoms with Gasteiger partial charge in [-0.3, -0.25) is 9.59 Å². The van der Waals surface area contributed by atoms with E-state index in [0.29, 0.717) is 10.6 Å². The fourth-order valence-corrected chi connectivity index (χ4v) is 1.79. The van der Waals surface area contributed by atoms with Crippen molar-refractivity contribution in [1.82, 2.24) is 0 Å². The van der Waals surface area contributed by atoms with Crippen LogP contribution >= 0.6 is 23.2 Å². The van der Waals surface area contributed by atoms with Crippen molar-refractivity contribution < 1.29 is 14.3 Å². The number of esters is 1. The van der Waals surface area contributed by atoms with E-state index in [0.717, 1.165) is 0 Å². The average Bonchev–Trinajstić information content (AvgIpc) is 2.24. The smallest absolute Gasteiger partial charge is 0.320 e. The zero-order chi connectivity index (χ0) is 12.3. The monoisotopic (exact) mass is 260 g/mol. The Morgan fingerprint density at radius 1 is 1.31 bits per heavy atom. The highest BCUT2D eigenvalue weighted by molar-refractivity contribution is 6.42. The summed E-state index contributed by atoms with van der Waals surface area (Å²) in [7, 11) is 1.22. The van der Waals surface area contributed by atoms with Crippen LogP contribution in [0.2, 0.25) is 10.0 Å². The SMILES string of the molecule is COC(=O)C(C(C)=O)c1cccc(Cl)c1Cl. The first kappa shape index (κ1) is 13.0. The number of halogens is 2. The van der Waals surface area contributed by atoms with Gasteiger partial charge in [0.05, 0.1) is 17.2 Å². The second-order valence-corrected chi connectivity index (χ2v) is 4.00. The minimum atomic E-state index is -1.02. The maximum Gasteiger partial charge on any atom is 0.320 e. The molecule has 0 aliphatic heterocycles. The first-order chi connectivity index (χ1) is 7.49. The van der Waals surface area contributed by atoms with Crippen LogP contribution in [0.4, 0.5) is 0 Å². The summed E-state index contributed by atoms with van der Waals surface area (Å²) in [6.07, 6.45) is 0. The average molecular weight is 261 g/mol. The van der Waals surface area contributed by atoms with Crippen molar-refractivity contribution in [2.75, 3.05) is 7.11 Å². The number of rotatable bonds is 3. The molecule has 5 heteroatoms. The predicted molar refractivity (Wildman–Crippen MR) is 61.9 cm³/mol. The minimum Gasteiger partial charge on any atom is -0.468 e. The molecule has 0 amide bonds. The van der Waals surface area contributed by atoms with E-state index < -0.39 is 11.9 Å². The number of carbonyl (C=O) groups excluding carboxylic acids is 2. The molecule has 1 aromatic carbocycles. The van der Waals surface area contributed by atoms with Gasteiger partial charge in [0.25, 0.3) is 0 Å². The molecular weight excluding hydrogens is 251 g/mol. The number of hydrogen-bond acceptors (Lipinski definition) is 3. The molecule has 0 fully saturated rings. The summed E-state index contributed by atoms with van der Waals surface area (Å²) in [6.45, 7) is 1.30. The molecule has 0 N–H and O–H groups in total. The van der Waals surface area contributed by atoms with E-state index >= 15 is 0 Å². The van der Waals surface area contributed by atoms with Crippen LogP contribution in [0.1, 0.15) is 18.4 Å². The van der Waals surface area contributed by atoms with Crippen LogP contribution in [0.3, 0.4) is 0 Å². The minimum absolute atomic E-state index is 0.203. The van der Waals surface area contributed by atoms with Crippen LogP contribution in [0, 0.1) is 0 Å². The molecule has 1 unspecified atom stereocenters. The first-order valence-corrected chi connectivity index (χ1v) is 5.26. The van der Waals surface area contributed by atoms with E-state index in [1.165, 1.54) is 14.0 Å². The van der Waals surface area contributed by atoms with Crippen molar-refractivity contribution in [2.24, 2.45) is 0 Å². The highest BCUT2D eigenvalue weighted by atomic mass is 35.5. The Hall–Kier alpha value is -1.06. The van der Waals surface area contributed by atoms with E-state index in [-0.39, 0.29) is 10.8 Å². The molecule has 0 saturated carbocycles. The maximum absolute atomic E-state index is 11.5. The van der Waals surface area contributed by atoms with Gasteiger partial charge in [-0.2, -0.15) is 0 Å². The topological polar surface area (TPSA) is 43.4 Å². The number of ketones is 1. The Balaban J connectivity index is 3.27. The number of carbonyl (C=O) groups is 2. The van der Waals surface area contributed by atoms with Gasteiger partial charge >= 0.3 is 5.97 Å². The Kier molecular flexibility index (Phi) is 4.33. The molecule has 1 rings (SSSR count). The fraction of sp³-hybridized carbons (Fsp3) is 0.273.